The number of hydrogen-bond donors (Lipinski definition) is 1. The van der Waals surface area contributed by atoms with Crippen LogP contribution in [0, 0.1) is 24.2 Å². The van der Waals surface area contributed by atoms with E-state index in [-0.39, 0.29) is 17.5 Å². The van der Waals surface area contributed by atoms with Gasteiger partial charge in [0.05, 0.1) is 10.7 Å². The topological polar surface area (TPSA) is 65.8 Å². The molecule has 2 rings (SSSR count). The number of carbonyl (C=O) groups is 1. The maximum atomic E-state index is 12.2. The van der Waals surface area contributed by atoms with Gasteiger partial charge in [-0.3, -0.25) is 4.79 Å². The van der Waals surface area contributed by atoms with Crippen molar-refractivity contribution in [3.05, 3.63) is 21.7 Å². The summed E-state index contributed by atoms with van der Waals surface area (Å²) < 4.78 is 0. The summed E-state index contributed by atoms with van der Waals surface area (Å²) in [5, 5.41) is 14.9. The zero-order valence-electron chi connectivity index (χ0n) is 11.8. The Labute approximate surface area is 123 Å². The second-order valence-electron chi connectivity index (χ2n) is 5.30. The van der Waals surface area contributed by atoms with Gasteiger partial charge in [-0.15, -0.1) is 11.3 Å². The summed E-state index contributed by atoms with van der Waals surface area (Å²) in [6, 6.07) is 2.16. The van der Waals surface area contributed by atoms with Gasteiger partial charge in [-0.05, 0) is 31.8 Å². The van der Waals surface area contributed by atoms with Gasteiger partial charge in [0.2, 0.25) is 0 Å². The Morgan fingerprint density at radius 1 is 1.55 bits per heavy atom. The Morgan fingerprint density at radius 2 is 2.30 bits per heavy atom. The second kappa shape index (κ2) is 6.67. The minimum Gasteiger partial charge on any atom is -0.348 e. The highest BCUT2D eigenvalue weighted by atomic mass is 32.1. The largest absolute Gasteiger partial charge is 0.348 e. The standard InChI is InChI=1S/C15H19N3OS/c1-10-5-3-4-6-14(10)18-15(19)12(8-16)7-13-9-20-11(2)17-13/h7,9-10,14H,3-6H2,1-2H3,(H,18,19)/b12-7+/t10-,14+/m0/s1. The zero-order valence-corrected chi connectivity index (χ0v) is 12.7. The van der Waals surface area contributed by atoms with Crippen molar-refractivity contribution >= 4 is 23.3 Å². The van der Waals surface area contributed by atoms with Crippen LogP contribution in [0.5, 0.6) is 0 Å². The van der Waals surface area contributed by atoms with Crippen molar-refractivity contribution in [3.8, 4) is 6.07 Å². The van der Waals surface area contributed by atoms with Crippen molar-refractivity contribution in [2.75, 3.05) is 0 Å². The molecule has 0 bridgehead atoms. The molecule has 106 valence electrons. The lowest BCUT2D eigenvalue weighted by Gasteiger charge is -2.29. The summed E-state index contributed by atoms with van der Waals surface area (Å²) in [6.07, 6.45) is 6.08. The average molecular weight is 289 g/mol. The van der Waals surface area contributed by atoms with Gasteiger partial charge in [-0.25, -0.2) is 4.98 Å². The molecular weight excluding hydrogens is 270 g/mol. The highest BCUT2D eigenvalue weighted by molar-refractivity contribution is 7.09. The summed E-state index contributed by atoms with van der Waals surface area (Å²) in [7, 11) is 0. The Morgan fingerprint density at radius 3 is 2.90 bits per heavy atom. The van der Waals surface area contributed by atoms with Gasteiger partial charge in [0, 0.05) is 11.4 Å². The number of amides is 1. The van der Waals surface area contributed by atoms with Crippen LogP contribution < -0.4 is 5.32 Å². The second-order valence-corrected chi connectivity index (χ2v) is 6.37. The molecule has 0 aliphatic heterocycles. The molecule has 20 heavy (non-hydrogen) atoms. The molecule has 1 heterocycles. The summed E-state index contributed by atoms with van der Waals surface area (Å²) in [5.74, 6) is 0.200. The molecule has 0 unspecified atom stereocenters. The number of nitrogens with one attached hydrogen (secondary N) is 1. The van der Waals surface area contributed by atoms with Crippen LogP contribution in [0.25, 0.3) is 6.08 Å². The maximum absolute atomic E-state index is 12.2. The van der Waals surface area contributed by atoms with Crippen LogP contribution in [0.15, 0.2) is 11.0 Å². The van der Waals surface area contributed by atoms with Crippen LogP contribution in [0.1, 0.15) is 43.3 Å². The van der Waals surface area contributed by atoms with Crippen molar-refractivity contribution in [1.82, 2.24) is 10.3 Å². The third-order valence-electron chi connectivity index (χ3n) is 3.72. The Hall–Kier alpha value is -1.67. The molecule has 4 nitrogen and oxygen atoms in total. The molecule has 1 aliphatic rings. The quantitative estimate of drug-likeness (QED) is 0.687. The number of rotatable bonds is 3. The molecule has 0 saturated heterocycles. The lowest BCUT2D eigenvalue weighted by atomic mass is 9.86. The third kappa shape index (κ3) is 3.67. The van der Waals surface area contributed by atoms with Crippen LogP contribution in [0.2, 0.25) is 0 Å². The molecule has 1 amide bonds. The van der Waals surface area contributed by atoms with E-state index < -0.39 is 0 Å². The van der Waals surface area contributed by atoms with Crippen molar-refractivity contribution in [2.45, 2.75) is 45.6 Å². The van der Waals surface area contributed by atoms with Crippen LogP contribution in [0.3, 0.4) is 0 Å². The lowest BCUT2D eigenvalue weighted by Crippen LogP contribution is -2.41. The Kier molecular flexibility index (Phi) is 4.91. The van der Waals surface area contributed by atoms with Crippen LogP contribution >= 0.6 is 11.3 Å². The maximum Gasteiger partial charge on any atom is 0.262 e. The monoisotopic (exact) mass is 289 g/mol. The molecule has 1 N–H and O–H groups in total. The number of nitrogens with zero attached hydrogens (tertiary/aromatic N) is 2. The van der Waals surface area contributed by atoms with Gasteiger partial charge in [-0.1, -0.05) is 19.8 Å². The predicted molar refractivity (Wildman–Crippen MR) is 80.0 cm³/mol. The molecule has 2 atom stereocenters. The molecule has 1 saturated carbocycles. The minimum atomic E-state index is -0.281. The number of thiazole rings is 1. The molecule has 1 aromatic rings. The molecule has 0 spiro atoms. The predicted octanol–water partition coefficient (Wildman–Crippen LogP) is 3.05. The number of nitriles is 1. The van der Waals surface area contributed by atoms with Crippen LogP contribution in [-0.2, 0) is 4.79 Å². The number of hydrogen-bond acceptors (Lipinski definition) is 4. The van der Waals surface area contributed by atoms with Gasteiger partial charge in [0.25, 0.3) is 5.91 Å². The van der Waals surface area contributed by atoms with E-state index in [0.717, 1.165) is 24.3 Å². The smallest absolute Gasteiger partial charge is 0.262 e. The SMILES string of the molecule is Cc1nc(/C=C(\C#N)C(=O)N[C@@H]2CCCC[C@@H]2C)cs1. The normalized spacial score (nSPS) is 23.1. The van der Waals surface area contributed by atoms with Gasteiger partial charge in [0.15, 0.2) is 0 Å². The van der Waals surface area contributed by atoms with Crippen LogP contribution in [-0.4, -0.2) is 16.9 Å². The fourth-order valence-electron chi connectivity index (χ4n) is 2.52. The summed E-state index contributed by atoms with van der Waals surface area (Å²) in [5.41, 5.74) is 0.809. The lowest BCUT2D eigenvalue weighted by molar-refractivity contribution is -0.118. The molecular formula is C15H19N3OS. The average Bonchev–Trinajstić information content (AvgIpc) is 2.84. The van der Waals surface area contributed by atoms with Gasteiger partial charge in [-0.2, -0.15) is 5.26 Å². The fourth-order valence-corrected chi connectivity index (χ4v) is 3.09. The van der Waals surface area contributed by atoms with E-state index in [4.69, 9.17) is 5.26 Å². The Balaban J connectivity index is 2.06. The van der Waals surface area contributed by atoms with Gasteiger partial charge >= 0.3 is 0 Å². The van der Waals surface area contributed by atoms with Crippen molar-refractivity contribution in [2.24, 2.45) is 5.92 Å². The molecule has 0 radical (unpaired) electrons. The molecule has 0 aromatic carbocycles. The molecule has 5 heteroatoms. The third-order valence-corrected chi connectivity index (χ3v) is 4.51. The van der Waals surface area contributed by atoms with E-state index in [1.165, 1.54) is 17.8 Å². The van der Waals surface area contributed by atoms with Crippen LogP contribution in [0.4, 0.5) is 0 Å². The number of aromatic nitrogens is 1. The van der Waals surface area contributed by atoms with E-state index in [1.54, 1.807) is 6.08 Å². The zero-order chi connectivity index (χ0) is 14.5. The van der Waals surface area contributed by atoms with Crippen molar-refractivity contribution < 1.29 is 4.79 Å². The highest BCUT2D eigenvalue weighted by Gasteiger charge is 2.24. The van der Waals surface area contributed by atoms with Crippen molar-refractivity contribution in [3.63, 3.8) is 0 Å². The number of carbonyl (C=O) groups excluding carboxylic acids is 1. The van der Waals surface area contributed by atoms with E-state index in [2.05, 4.69) is 17.2 Å². The van der Waals surface area contributed by atoms with Crippen molar-refractivity contribution in [1.29, 1.82) is 5.26 Å². The number of aryl methyl sites for hydroxylation is 1. The highest BCUT2D eigenvalue weighted by Crippen LogP contribution is 2.24. The first kappa shape index (κ1) is 14.7. The first-order valence-electron chi connectivity index (χ1n) is 6.95. The summed E-state index contributed by atoms with van der Waals surface area (Å²) >= 11 is 1.51. The molecule has 1 fully saturated rings. The fraction of sp³-hybridized carbons (Fsp3) is 0.533. The van der Waals surface area contributed by atoms with E-state index in [0.29, 0.717) is 11.6 Å². The van der Waals surface area contributed by atoms with Gasteiger partial charge in [0.1, 0.15) is 11.6 Å². The first-order valence-corrected chi connectivity index (χ1v) is 7.83. The summed E-state index contributed by atoms with van der Waals surface area (Å²) in [4.78, 5) is 16.4. The van der Waals surface area contributed by atoms with Gasteiger partial charge < -0.3 is 5.32 Å². The Bertz CT molecular complexity index is 556. The van der Waals surface area contributed by atoms with E-state index in [9.17, 15) is 4.79 Å². The molecule has 1 aromatic heterocycles. The minimum absolute atomic E-state index is 0.132. The summed E-state index contributed by atoms with van der Waals surface area (Å²) in [6.45, 7) is 4.06. The van der Waals surface area contributed by atoms with E-state index >= 15 is 0 Å². The molecule has 1 aliphatic carbocycles. The first-order chi connectivity index (χ1) is 9.60. The van der Waals surface area contributed by atoms with E-state index in [1.807, 2.05) is 18.4 Å².